The fourth-order valence-electron chi connectivity index (χ4n) is 2.20. The number of aromatic carboxylic acids is 1. The van der Waals surface area contributed by atoms with E-state index in [1.165, 1.54) is 6.07 Å². The Morgan fingerprint density at radius 1 is 1.17 bits per heavy atom. The van der Waals surface area contributed by atoms with Crippen molar-refractivity contribution in [2.75, 3.05) is 5.32 Å². The second kappa shape index (κ2) is 7.64. The lowest BCUT2D eigenvalue weighted by molar-refractivity contribution is 0.0695. The normalized spacial score (nSPS) is 11.6. The van der Waals surface area contributed by atoms with Gasteiger partial charge in [0.2, 0.25) is 0 Å². The van der Waals surface area contributed by atoms with Gasteiger partial charge in [0.05, 0.1) is 11.7 Å². The number of amides is 1. The minimum Gasteiger partial charge on any atom is -0.491 e. The zero-order chi connectivity index (χ0) is 17.7. The Kier molecular flexibility index (Phi) is 5.58. The van der Waals surface area contributed by atoms with Crippen molar-refractivity contribution in [3.05, 3.63) is 59.2 Å². The van der Waals surface area contributed by atoms with Crippen LogP contribution in [0.2, 0.25) is 0 Å². The number of ether oxygens (including phenoxy) is 1. The molecule has 0 spiro atoms. The average Bonchev–Trinajstić information content (AvgIpc) is 2.57. The average molecular weight is 327 g/mol. The predicted molar refractivity (Wildman–Crippen MR) is 92.9 cm³/mol. The van der Waals surface area contributed by atoms with Crippen LogP contribution in [0.15, 0.2) is 42.5 Å². The summed E-state index contributed by atoms with van der Waals surface area (Å²) < 4.78 is 5.68. The highest BCUT2D eigenvalue weighted by Gasteiger charge is 2.13. The van der Waals surface area contributed by atoms with Crippen molar-refractivity contribution in [1.29, 1.82) is 0 Å². The lowest BCUT2D eigenvalue weighted by atomic mass is 10.1. The summed E-state index contributed by atoms with van der Waals surface area (Å²) in [6, 6.07) is 11.7. The number of anilines is 1. The van der Waals surface area contributed by atoms with E-state index >= 15 is 0 Å². The Labute approximate surface area is 141 Å². The molecule has 0 aliphatic rings. The largest absolute Gasteiger partial charge is 0.491 e. The first-order chi connectivity index (χ1) is 11.4. The molecule has 126 valence electrons. The molecule has 2 aromatic carbocycles. The lowest BCUT2D eigenvalue weighted by Crippen LogP contribution is -2.14. The minimum absolute atomic E-state index is 0.117. The van der Waals surface area contributed by atoms with Crippen LogP contribution < -0.4 is 10.1 Å². The number of carbonyl (C=O) groups is 2. The molecule has 2 aromatic rings. The summed E-state index contributed by atoms with van der Waals surface area (Å²) >= 11 is 0. The van der Waals surface area contributed by atoms with Gasteiger partial charge in [0.25, 0.3) is 5.91 Å². The molecule has 0 aliphatic heterocycles. The van der Waals surface area contributed by atoms with Crippen molar-refractivity contribution in [3.63, 3.8) is 0 Å². The van der Waals surface area contributed by atoms with Gasteiger partial charge in [-0.2, -0.15) is 0 Å². The fraction of sp³-hybridized carbons (Fsp3) is 0.263. The summed E-state index contributed by atoms with van der Waals surface area (Å²) in [6.07, 6.45) is 1.02. The van der Waals surface area contributed by atoms with Gasteiger partial charge in [0.15, 0.2) is 0 Å². The first-order valence-corrected chi connectivity index (χ1v) is 7.83. The van der Waals surface area contributed by atoms with Gasteiger partial charge in [0.1, 0.15) is 5.75 Å². The van der Waals surface area contributed by atoms with E-state index in [0.717, 1.165) is 6.42 Å². The van der Waals surface area contributed by atoms with Gasteiger partial charge in [-0.3, -0.25) is 4.79 Å². The molecule has 1 amide bonds. The van der Waals surface area contributed by atoms with Gasteiger partial charge in [-0.05, 0) is 62.2 Å². The van der Waals surface area contributed by atoms with Crippen LogP contribution in [0.25, 0.3) is 0 Å². The van der Waals surface area contributed by atoms with E-state index in [0.29, 0.717) is 22.6 Å². The van der Waals surface area contributed by atoms with Gasteiger partial charge in [-0.25, -0.2) is 4.79 Å². The van der Waals surface area contributed by atoms with Crippen molar-refractivity contribution in [2.24, 2.45) is 0 Å². The summed E-state index contributed by atoms with van der Waals surface area (Å²) in [5.74, 6) is -0.601. The second-order valence-corrected chi connectivity index (χ2v) is 5.60. The van der Waals surface area contributed by atoms with Crippen LogP contribution in [0.3, 0.4) is 0 Å². The van der Waals surface area contributed by atoms with E-state index in [-0.39, 0.29) is 17.6 Å². The van der Waals surface area contributed by atoms with Crippen LogP contribution in [0.4, 0.5) is 5.69 Å². The molecule has 2 N–H and O–H groups in total. The molecule has 5 nitrogen and oxygen atoms in total. The molecule has 0 saturated heterocycles. The summed E-state index contributed by atoms with van der Waals surface area (Å²) in [7, 11) is 0. The van der Waals surface area contributed by atoms with Crippen molar-refractivity contribution in [1.82, 2.24) is 0 Å². The third-order valence-electron chi connectivity index (χ3n) is 3.84. The predicted octanol–water partition coefficient (Wildman–Crippen LogP) is 4.12. The van der Waals surface area contributed by atoms with E-state index in [1.807, 2.05) is 13.8 Å². The molecule has 0 fully saturated rings. The smallest absolute Gasteiger partial charge is 0.336 e. The molecule has 1 unspecified atom stereocenters. The molecule has 5 heteroatoms. The maximum atomic E-state index is 12.3. The van der Waals surface area contributed by atoms with Gasteiger partial charge in [-0.15, -0.1) is 0 Å². The van der Waals surface area contributed by atoms with Crippen molar-refractivity contribution in [2.45, 2.75) is 33.3 Å². The number of hydrogen-bond acceptors (Lipinski definition) is 3. The van der Waals surface area contributed by atoms with E-state index in [9.17, 15) is 9.59 Å². The highest BCUT2D eigenvalue weighted by atomic mass is 16.5. The van der Waals surface area contributed by atoms with Gasteiger partial charge in [0, 0.05) is 11.3 Å². The topological polar surface area (TPSA) is 75.6 Å². The standard InChI is InChI=1S/C19H21NO4/c1-4-12(2)24-15-10-8-14(9-11-15)18(21)20-17-7-5-6-16(13(17)3)19(22)23/h5-12H,4H2,1-3H3,(H,20,21)(H,22,23). The van der Waals surface area contributed by atoms with Crippen LogP contribution in [-0.2, 0) is 0 Å². The molecule has 0 saturated carbocycles. The van der Waals surface area contributed by atoms with Gasteiger partial charge in [-0.1, -0.05) is 13.0 Å². The number of nitrogens with one attached hydrogen (secondary N) is 1. The SMILES string of the molecule is CCC(C)Oc1ccc(C(=O)Nc2cccc(C(=O)O)c2C)cc1. The van der Waals surface area contributed by atoms with Crippen LogP contribution >= 0.6 is 0 Å². The molecule has 0 bridgehead atoms. The van der Waals surface area contributed by atoms with E-state index in [2.05, 4.69) is 5.32 Å². The molecule has 2 rings (SSSR count). The van der Waals surface area contributed by atoms with E-state index in [4.69, 9.17) is 9.84 Å². The monoisotopic (exact) mass is 327 g/mol. The Morgan fingerprint density at radius 2 is 1.83 bits per heavy atom. The molecule has 24 heavy (non-hydrogen) atoms. The lowest BCUT2D eigenvalue weighted by Gasteiger charge is -2.13. The van der Waals surface area contributed by atoms with E-state index < -0.39 is 5.97 Å². The van der Waals surface area contributed by atoms with Crippen LogP contribution in [0.1, 0.15) is 46.5 Å². The Morgan fingerprint density at radius 3 is 2.42 bits per heavy atom. The quantitative estimate of drug-likeness (QED) is 0.836. The molecular weight excluding hydrogens is 306 g/mol. The number of carboxylic acids is 1. The fourth-order valence-corrected chi connectivity index (χ4v) is 2.20. The molecule has 0 radical (unpaired) electrons. The van der Waals surface area contributed by atoms with Crippen molar-refractivity contribution >= 4 is 17.6 Å². The van der Waals surface area contributed by atoms with Crippen molar-refractivity contribution < 1.29 is 19.4 Å². The molecule has 0 heterocycles. The third kappa shape index (κ3) is 4.13. The Balaban J connectivity index is 2.13. The number of benzene rings is 2. The summed E-state index contributed by atoms with van der Waals surface area (Å²) in [6.45, 7) is 5.70. The number of hydrogen-bond donors (Lipinski definition) is 2. The highest BCUT2D eigenvalue weighted by Crippen LogP contribution is 2.21. The molecule has 0 aromatic heterocycles. The number of carbonyl (C=O) groups excluding carboxylic acids is 1. The highest BCUT2D eigenvalue weighted by molar-refractivity contribution is 6.05. The zero-order valence-electron chi connectivity index (χ0n) is 14.0. The maximum Gasteiger partial charge on any atom is 0.336 e. The van der Waals surface area contributed by atoms with Crippen LogP contribution in [0.5, 0.6) is 5.75 Å². The Bertz CT molecular complexity index is 738. The first-order valence-electron chi connectivity index (χ1n) is 7.83. The number of carboxylic acid groups (broad SMARTS) is 1. The minimum atomic E-state index is -1.02. The molecular formula is C19H21NO4. The van der Waals surface area contributed by atoms with Gasteiger partial charge >= 0.3 is 5.97 Å². The third-order valence-corrected chi connectivity index (χ3v) is 3.84. The Hall–Kier alpha value is -2.82. The summed E-state index contributed by atoms with van der Waals surface area (Å²) in [5, 5.41) is 11.9. The molecule has 0 aliphatic carbocycles. The van der Waals surface area contributed by atoms with Gasteiger partial charge < -0.3 is 15.2 Å². The summed E-state index contributed by atoms with van der Waals surface area (Å²) in [4.78, 5) is 23.5. The summed E-state index contributed by atoms with van der Waals surface area (Å²) in [5.41, 5.74) is 1.66. The molecule has 1 atom stereocenters. The number of rotatable bonds is 6. The van der Waals surface area contributed by atoms with Crippen LogP contribution in [-0.4, -0.2) is 23.1 Å². The second-order valence-electron chi connectivity index (χ2n) is 5.60. The first kappa shape index (κ1) is 17.5. The van der Waals surface area contributed by atoms with Crippen LogP contribution in [0, 0.1) is 6.92 Å². The van der Waals surface area contributed by atoms with Crippen molar-refractivity contribution in [3.8, 4) is 5.75 Å². The van der Waals surface area contributed by atoms with E-state index in [1.54, 1.807) is 43.3 Å². The maximum absolute atomic E-state index is 12.3. The zero-order valence-corrected chi connectivity index (χ0v) is 14.0.